The lowest BCUT2D eigenvalue weighted by atomic mass is 10.1. The van der Waals surface area contributed by atoms with Gasteiger partial charge in [-0.15, -0.1) is 0 Å². The van der Waals surface area contributed by atoms with Crippen LogP contribution in [0.3, 0.4) is 0 Å². The SMILES string of the molecule is CCCCc1ccc(Oc2ccc(CN)cc2Cl)cc1. The number of halogens is 1. The number of nitrogens with two attached hydrogens (primary N) is 1. The molecule has 106 valence electrons. The lowest BCUT2D eigenvalue weighted by Gasteiger charge is -2.09. The molecule has 0 aliphatic rings. The quantitative estimate of drug-likeness (QED) is 0.818. The highest BCUT2D eigenvalue weighted by atomic mass is 35.5. The minimum absolute atomic E-state index is 0.478. The third kappa shape index (κ3) is 3.99. The molecule has 0 atom stereocenters. The first-order valence-corrected chi connectivity index (χ1v) is 7.36. The fourth-order valence-corrected chi connectivity index (χ4v) is 2.23. The summed E-state index contributed by atoms with van der Waals surface area (Å²) in [6, 6.07) is 13.8. The Morgan fingerprint density at radius 1 is 1.05 bits per heavy atom. The van der Waals surface area contributed by atoms with Gasteiger partial charge < -0.3 is 10.5 Å². The Labute approximate surface area is 125 Å². The van der Waals surface area contributed by atoms with Gasteiger partial charge >= 0.3 is 0 Å². The summed E-state index contributed by atoms with van der Waals surface area (Å²) in [5.41, 5.74) is 7.91. The predicted octanol–water partition coefficient (Wildman–Crippen LogP) is 4.93. The van der Waals surface area contributed by atoms with Gasteiger partial charge in [-0.3, -0.25) is 0 Å². The summed E-state index contributed by atoms with van der Waals surface area (Å²) in [6.45, 7) is 2.68. The summed E-state index contributed by atoms with van der Waals surface area (Å²) in [7, 11) is 0. The second-order valence-corrected chi connectivity index (χ2v) is 5.23. The molecule has 0 unspecified atom stereocenters. The van der Waals surface area contributed by atoms with E-state index in [1.54, 1.807) is 0 Å². The minimum Gasteiger partial charge on any atom is -0.456 e. The van der Waals surface area contributed by atoms with Crippen molar-refractivity contribution in [3.8, 4) is 11.5 Å². The highest BCUT2D eigenvalue weighted by Crippen LogP contribution is 2.30. The van der Waals surface area contributed by atoms with Crippen molar-refractivity contribution < 1.29 is 4.74 Å². The topological polar surface area (TPSA) is 35.2 Å². The molecule has 2 nitrogen and oxygen atoms in total. The molecule has 2 aromatic rings. The summed E-state index contributed by atoms with van der Waals surface area (Å²) < 4.78 is 5.80. The molecule has 0 spiro atoms. The first kappa shape index (κ1) is 14.9. The van der Waals surface area contributed by atoms with Crippen molar-refractivity contribution in [2.75, 3.05) is 0 Å². The average molecular weight is 290 g/mol. The first-order valence-electron chi connectivity index (χ1n) is 6.98. The molecule has 2 rings (SSSR count). The Bertz CT molecular complexity index is 551. The van der Waals surface area contributed by atoms with Gasteiger partial charge in [-0.1, -0.05) is 43.1 Å². The Kier molecular flexibility index (Phi) is 5.45. The summed E-state index contributed by atoms with van der Waals surface area (Å²) in [6.07, 6.45) is 3.54. The van der Waals surface area contributed by atoms with Gasteiger partial charge in [0, 0.05) is 6.54 Å². The summed E-state index contributed by atoms with van der Waals surface area (Å²) >= 11 is 6.18. The molecule has 0 fully saturated rings. The lowest BCUT2D eigenvalue weighted by molar-refractivity contribution is 0.482. The maximum absolute atomic E-state index is 6.18. The molecule has 3 heteroatoms. The fraction of sp³-hybridized carbons (Fsp3) is 0.294. The number of hydrogen-bond acceptors (Lipinski definition) is 2. The Hall–Kier alpha value is -1.51. The van der Waals surface area contributed by atoms with Gasteiger partial charge in [-0.25, -0.2) is 0 Å². The van der Waals surface area contributed by atoms with E-state index in [2.05, 4.69) is 19.1 Å². The van der Waals surface area contributed by atoms with E-state index in [1.807, 2.05) is 30.3 Å². The summed E-state index contributed by atoms with van der Waals surface area (Å²) in [5.74, 6) is 1.46. The second-order valence-electron chi connectivity index (χ2n) is 4.82. The smallest absolute Gasteiger partial charge is 0.146 e. The largest absolute Gasteiger partial charge is 0.456 e. The third-order valence-corrected chi connectivity index (χ3v) is 3.50. The van der Waals surface area contributed by atoms with Gasteiger partial charge in [0.15, 0.2) is 0 Å². The highest BCUT2D eigenvalue weighted by molar-refractivity contribution is 6.32. The van der Waals surface area contributed by atoms with Crippen molar-refractivity contribution in [1.29, 1.82) is 0 Å². The van der Waals surface area contributed by atoms with Crippen molar-refractivity contribution in [3.63, 3.8) is 0 Å². The fourth-order valence-electron chi connectivity index (χ4n) is 1.99. The van der Waals surface area contributed by atoms with E-state index < -0.39 is 0 Å². The van der Waals surface area contributed by atoms with E-state index >= 15 is 0 Å². The van der Waals surface area contributed by atoms with Crippen molar-refractivity contribution in [3.05, 3.63) is 58.6 Å². The van der Waals surface area contributed by atoms with Gasteiger partial charge in [0.25, 0.3) is 0 Å². The normalized spacial score (nSPS) is 10.6. The third-order valence-electron chi connectivity index (χ3n) is 3.20. The monoisotopic (exact) mass is 289 g/mol. The molecule has 0 aliphatic heterocycles. The maximum atomic E-state index is 6.18. The molecule has 20 heavy (non-hydrogen) atoms. The van der Waals surface area contributed by atoms with E-state index in [0.717, 1.165) is 17.7 Å². The number of aryl methyl sites for hydroxylation is 1. The highest BCUT2D eigenvalue weighted by Gasteiger charge is 2.04. The molecule has 0 saturated heterocycles. The van der Waals surface area contributed by atoms with Gasteiger partial charge in [-0.2, -0.15) is 0 Å². The van der Waals surface area contributed by atoms with Crippen LogP contribution in [0.5, 0.6) is 11.5 Å². The van der Waals surface area contributed by atoms with Gasteiger partial charge in [0.2, 0.25) is 0 Å². The molecular formula is C17H20ClNO. The minimum atomic E-state index is 0.478. The molecule has 0 amide bonds. The van der Waals surface area contributed by atoms with Crippen molar-refractivity contribution >= 4 is 11.6 Å². The van der Waals surface area contributed by atoms with Crippen LogP contribution in [0.1, 0.15) is 30.9 Å². The van der Waals surface area contributed by atoms with Crippen LogP contribution >= 0.6 is 11.6 Å². The molecule has 0 bridgehead atoms. The van der Waals surface area contributed by atoms with E-state index in [4.69, 9.17) is 22.1 Å². The van der Waals surface area contributed by atoms with Crippen LogP contribution in [-0.4, -0.2) is 0 Å². The Morgan fingerprint density at radius 3 is 2.35 bits per heavy atom. The Balaban J connectivity index is 2.06. The molecule has 0 radical (unpaired) electrons. The molecule has 2 aromatic carbocycles. The molecule has 0 saturated carbocycles. The number of benzene rings is 2. The summed E-state index contributed by atoms with van der Waals surface area (Å²) in [4.78, 5) is 0. The van der Waals surface area contributed by atoms with E-state index in [1.165, 1.54) is 18.4 Å². The van der Waals surface area contributed by atoms with E-state index in [0.29, 0.717) is 17.3 Å². The van der Waals surface area contributed by atoms with Gasteiger partial charge in [0.1, 0.15) is 11.5 Å². The number of hydrogen-bond donors (Lipinski definition) is 1. The van der Waals surface area contributed by atoms with Crippen LogP contribution in [-0.2, 0) is 13.0 Å². The predicted molar refractivity (Wildman–Crippen MR) is 84.5 cm³/mol. The van der Waals surface area contributed by atoms with Gasteiger partial charge in [-0.05, 0) is 48.2 Å². The maximum Gasteiger partial charge on any atom is 0.146 e. The first-order chi connectivity index (χ1) is 9.72. The molecule has 0 heterocycles. The van der Waals surface area contributed by atoms with Crippen LogP contribution in [0.25, 0.3) is 0 Å². The van der Waals surface area contributed by atoms with Crippen molar-refractivity contribution in [2.24, 2.45) is 5.73 Å². The zero-order chi connectivity index (χ0) is 14.4. The average Bonchev–Trinajstić information content (AvgIpc) is 2.48. The van der Waals surface area contributed by atoms with Crippen LogP contribution in [0.15, 0.2) is 42.5 Å². The number of unbranched alkanes of at least 4 members (excludes halogenated alkanes) is 1. The van der Waals surface area contributed by atoms with Crippen LogP contribution in [0, 0.1) is 0 Å². The lowest BCUT2D eigenvalue weighted by Crippen LogP contribution is -1.96. The van der Waals surface area contributed by atoms with Crippen LogP contribution in [0.4, 0.5) is 0 Å². The van der Waals surface area contributed by atoms with Gasteiger partial charge in [0.05, 0.1) is 5.02 Å². The summed E-state index contributed by atoms with van der Waals surface area (Å²) in [5, 5.41) is 0.586. The Morgan fingerprint density at radius 2 is 1.75 bits per heavy atom. The van der Waals surface area contributed by atoms with Crippen molar-refractivity contribution in [1.82, 2.24) is 0 Å². The zero-order valence-electron chi connectivity index (χ0n) is 11.7. The molecular weight excluding hydrogens is 270 g/mol. The van der Waals surface area contributed by atoms with E-state index in [-0.39, 0.29) is 0 Å². The second kappa shape index (κ2) is 7.32. The van der Waals surface area contributed by atoms with Crippen LogP contribution < -0.4 is 10.5 Å². The molecule has 2 N–H and O–H groups in total. The zero-order valence-corrected chi connectivity index (χ0v) is 12.5. The molecule has 0 aromatic heterocycles. The van der Waals surface area contributed by atoms with Crippen molar-refractivity contribution in [2.45, 2.75) is 32.7 Å². The standard InChI is InChI=1S/C17H20ClNO/c1-2-3-4-13-5-8-15(9-6-13)20-17-10-7-14(12-19)11-16(17)18/h5-11H,2-4,12,19H2,1H3. The number of ether oxygens (including phenoxy) is 1. The molecule has 0 aliphatic carbocycles. The van der Waals surface area contributed by atoms with Crippen LogP contribution in [0.2, 0.25) is 5.02 Å². The number of rotatable bonds is 6. The van der Waals surface area contributed by atoms with E-state index in [9.17, 15) is 0 Å².